The molecule has 27 heavy (non-hydrogen) atoms. The van der Waals surface area contributed by atoms with Crippen molar-refractivity contribution in [1.29, 1.82) is 5.26 Å². The maximum atomic E-state index is 13.5. The molecule has 1 amide bonds. The minimum Gasteiger partial charge on any atom is -0.272 e. The van der Waals surface area contributed by atoms with Crippen molar-refractivity contribution >= 4 is 11.5 Å². The highest BCUT2D eigenvalue weighted by Gasteiger charge is 2.31. The molecule has 0 bridgehead atoms. The second kappa shape index (κ2) is 6.74. The van der Waals surface area contributed by atoms with Crippen molar-refractivity contribution in [3.05, 3.63) is 70.0 Å². The standard InChI is InChI=1S/C23H21FN2O/c1-23(14-25,13-15-5-4-6-17(24)11-15)16-9-10-19-18-7-2-3-8-20(18)22(27)26-21(19)12-16/h4-6,9-12,20H,2-3,7-8,13H2,1H3. The molecule has 2 atom stereocenters. The lowest BCUT2D eigenvalue weighted by Crippen LogP contribution is -2.40. The summed E-state index contributed by atoms with van der Waals surface area (Å²) in [6.07, 6.45) is 4.40. The summed E-state index contributed by atoms with van der Waals surface area (Å²) in [5.41, 5.74) is 1.95. The molecule has 2 unspecified atom stereocenters. The topological polar surface area (TPSA) is 53.2 Å². The van der Waals surface area contributed by atoms with Crippen molar-refractivity contribution in [2.45, 2.75) is 44.4 Å². The van der Waals surface area contributed by atoms with E-state index in [1.54, 1.807) is 6.07 Å². The number of nitrogens with zero attached hydrogens (tertiary/aromatic N) is 2. The maximum absolute atomic E-state index is 13.5. The van der Waals surface area contributed by atoms with Crippen LogP contribution in [0.5, 0.6) is 0 Å². The Hall–Kier alpha value is -2.80. The third-order valence-corrected chi connectivity index (χ3v) is 5.81. The molecule has 0 aromatic heterocycles. The van der Waals surface area contributed by atoms with Gasteiger partial charge in [-0.15, -0.1) is 0 Å². The average Bonchev–Trinajstić information content (AvgIpc) is 2.68. The lowest BCUT2D eigenvalue weighted by molar-refractivity contribution is -0.120. The molecule has 1 heterocycles. The minimum absolute atomic E-state index is 0.0573. The summed E-state index contributed by atoms with van der Waals surface area (Å²) in [5.74, 6) is -0.427. The first kappa shape index (κ1) is 17.6. The molecular formula is C23H21FN2O. The van der Waals surface area contributed by atoms with Crippen molar-refractivity contribution in [3.63, 3.8) is 0 Å². The minimum atomic E-state index is -0.824. The monoisotopic (exact) mass is 360 g/mol. The fraction of sp³-hybridized carbons (Fsp3) is 0.348. The smallest absolute Gasteiger partial charge is 0.253 e. The Balaban J connectivity index is 1.79. The quantitative estimate of drug-likeness (QED) is 0.843. The van der Waals surface area contributed by atoms with E-state index in [0.717, 1.165) is 42.0 Å². The predicted molar refractivity (Wildman–Crippen MR) is 101 cm³/mol. The summed E-state index contributed by atoms with van der Waals surface area (Å²) in [6.45, 7) is 1.85. The summed E-state index contributed by atoms with van der Waals surface area (Å²) in [7, 11) is 0. The van der Waals surface area contributed by atoms with Gasteiger partial charge in [0.2, 0.25) is 0 Å². The van der Waals surface area contributed by atoms with E-state index in [4.69, 9.17) is 0 Å². The molecule has 2 aromatic rings. The Bertz CT molecular complexity index is 1080. The van der Waals surface area contributed by atoms with Crippen molar-refractivity contribution in [1.82, 2.24) is 0 Å². The van der Waals surface area contributed by atoms with Gasteiger partial charge in [-0.2, -0.15) is 5.26 Å². The predicted octanol–water partition coefficient (Wildman–Crippen LogP) is 3.35. The van der Waals surface area contributed by atoms with Crippen LogP contribution in [0.2, 0.25) is 0 Å². The first-order chi connectivity index (χ1) is 13.0. The molecule has 1 fully saturated rings. The highest BCUT2D eigenvalue weighted by atomic mass is 19.1. The molecule has 1 saturated carbocycles. The van der Waals surface area contributed by atoms with Gasteiger partial charge < -0.3 is 0 Å². The van der Waals surface area contributed by atoms with E-state index in [2.05, 4.69) is 11.1 Å². The zero-order chi connectivity index (χ0) is 19.0. The van der Waals surface area contributed by atoms with Crippen LogP contribution in [0.3, 0.4) is 0 Å². The lowest BCUT2D eigenvalue weighted by atomic mass is 9.77. The number of hydrogen-bond acceptors (Lipinski definition) is 2. The molecule has 4 heteroatoms. The van der Waals surface area contributed by atoms with Crippen molar-refractivity contribution in [2.24, 2.45) is 10.9 Å². The Labute approximate surface area is 157 Å². The van der Waals surface area contributed by atoms with Gasteiger partial charge in [-0.05, 0) is 67.5 Å². The van der Waals surface area contributed by atoms with E-state index in [1.165, 1.54) is 17.7 Å². The SMILES string of the molecule is CC(C#N)(Cc1cccc(F)c1)c1ccc2c(c1)=NC(=O)C1CCCCC=21. The Morgan fingerprint density at radius 2 is 2.11 bits per heavy atom. The number of carbonyl (C=O) groups excluding carboxylic acids is 1. The number of halogens is 1. The van der Waals surface area contributed by atoms with Gasteiger partial charge >= 0.3 is 0 Å². The second-order valence-corrected chi connectivity index (χ2v) is 7.76. The van der Waals surface area contributed by atoms with Gasteiger partial charge in [-0.3, -0.25) is 4.79 Å². The third-order valence-electron chi connectivity index (χ3n) is 5.81. The van der Waals surface area contributed by atoms with Gasteiger partial charge in [0, 0.05) is 5.22 Å². The van der Waals surface area contributed by atoms with E-state index in [0.29, 0.717) is 11.8 Å². The zero-order valence-corrected chi connectivity index (χ0v) is 15.3. The number of carbonyl (C=O) groups is 1. The van der Waals surface area contributed by atoms with E-state index in [-0.39, 0.29) is 17.6 Å². The molecule has 1 aliphatic heterocycles. The fourth-order valence-corrected chi connectivity index (χ4v) is 4.30. The number of amides is 1. The van der Waals surface area contributed by atoms with E-state index < -0.39 is 5.41 Å². The largest absolute Gasteiger partial charge is 0.272 e. The molecule has 0 spiro atoms. The summed E-state index contributed by atoms with van der Waals surface area (Å²) < 4.78 is 13.5. The number of hydrogen-bond donors (Lipinski definition) is 0. The Morgan fingerprint density at radius 3 is 2.89 bits per heavy atom. The molecular weight excluding hydrogens is 339 g/mol. The number of nitriles is 1. The first-order valence-electron chi connectivity index (χ1n) is 9.42. The highest BCUT2D eigenvalue weighted by Crippen LogP contribution is 2.32. The van der Waals surface area contributed by atoms with Crippen LogP contribution in [0, 0.1) is 23.1 Å². The Morgan fingerprint density at radius 1 is 1.26 bits per heavy atom. The molecule has 0 radical (unpaired) electrons. The van der Waals surface area contributed by atoms with Crippen LogP contribution < -0.4 is 10.6 Å². The van der Waals surface area contributed by atoms with E-state index in [1.807, 2.05) is 31.2 Å². The van der Waals surface area contributed by atoms with Crippen molar-refractivity contribution < 1.29 is 9.18 Å². The molecule has 1 aliphatic carbocycles. The van der Waals surface area contributed by atoms with E-state index >= 15 is 0 Å². The molecule has 136 valence electrons. The van der Waals surface area contributed by atoms with Crippen LogP contribution in [0.4, 0.5) is 4.39 Å². The third kappa shape index (κ3) is 3.19. The molecule has 3 nitrogen and oxygen atoms in total. The van der Waals surface area contributed by atoms with Gasteiger partial charge in [0.25, 0.3) is 5.91 Å². The fourth-order valence-electron chi connectivity index (χ4n) is 4.30. The van der Waals surface area contributed by atoms with E-state index in [9.17, 15) is 14.4 Å². The number of benzene rings is 2. The zero-order valence-electron chi connectivity index (χ0n) is 15.3. The summed E-state index contributed by atoms with van der Waals surface area (Å²) in [6, 6.07) is 14.6. The van der Waals surface area contributed by atoms with Gasteiger partial charge in [0.05, 0.1) is 22.8 Å². The molecule has 0 N–H and O–H groups in total. The number of rotatable bonds is 3. The van der Waals surface area contributed by atoms with Gasteiger partial charge in [0.1, 0.15) is 5.82 Å². The lowest BCUT2D eigenvalue weighted by Gasteiger charge is -2.26. The Kier molecular flexibility index (Phi) is 4.39. The highest BCUT2D eigenvalue weighted by molar-refractivity contribution is 5.90. The molecule has 4 rings (SSSR count). The van der Waals surface area contributed by atoms with Crippen LogP contribution in [-0.4, -0.2) is 5.91 Å². The maximum Gasteiger partial charge on any atom is 0.253 e. The van der Waals surface area contributed by atoms with Crippen molar-refractivity contribution in [2.75, 3.05) is 0 Å². The first-order valence-corrected chi connectivity index (χ1v) is 9.42. The summed E-state index contributed by atoms with van der Waals surface area (Å²) in [5, 5.41) is 11.6. The van der Waals surface area contributed by atoms with Gasteiger partial charge in [-0.1, -0.05) is 30.7 Å². The summed E-state index contributed by atoms with van der Waals surface area (Å²) in [4.78, 5) is 16.8. The van der Waals surface area contributed by atoms with Crippen LogP contribution >= 0.6 is 0 Å². The van der Waals surface area contributed by atoms with Crippen LogP contribution in [0.1, 0.15) is 43.7 Å². The van der Waals surface area contributed by atoms with Gasteiger partial charge in [-0.25, -0.2) is 9.38 Å². The average molecular weight is 360 g/mol. The van der Waals surface area contributed by atoms with Crippen LogP contribution in [0.15, 0.2) is 47.5 Å². The molecule has 0 saturated heterocycles. The summed E-state index contributed by atoms with van der Waals surface area (Å²) >= 11 is 0. The molecule has 2 aromatic carbocycles. The van der Waals surface area contributed by atoms with Gasteiger partial charge in [0.15, 0.2) is 0 Å². The van der Waals surface area contributed by atoms with Crippen LogP contribution in [0.25, 0.3) is 5.57 Å². The normalized spacial score (nSPS) is 20.7. The molecule has 2 aliphatic rings. The number of fused-ring (bicyclic) bond motifs is 2. The van der Waals surface area contributed by atoms with Crippen molar-refractivity contribution in [3.8, 4) is 6.07 Å². The second-order valence-electron chi connectivity index (χ2n) is 7.76. The van der Waals surface area contributed by atoms with Crippen LogP contribution in [-0.2, 0) is 16.6 Å².